The number of halogens is 1. The second-order valence-electron chi connectivity index (χ2n) is 6.18. The molecule has 4 heteroatoms. The van der Waals surface area contributed by atoms with Crippen molar-refractivity contribution < 1.29 is 14.3 Å². The van der Waals surface area contributed by atoms with Gasteiger partial charge in [0.1, 0.15) is 12.4 Å². The molecule has 1 aromatic carbocycles. The van der Waals surface area contributed by atoms with E-state index < -0.39 is 0 Å². The number of rotatable bonds is 4. The highest BCUT2D eigenvalue weighted by molar-refractivity contribution is 9.10. The Bertz CT molecular complexity index is 535. The third-order valence-electron chi connectivity index (χ3n) is 4.60. The topological polar surface area (TPSA) is 35.5 Å². The van der Waals surface area contributed by atoms with Crippen molar-refractivity contribution in [2.75, 3.05) is 6.61 Å². The summed E-state index contributed by atoms with van der Waals surface area (Å²) in [5.41, 5.74) is 0.759. The van der Waals surface area contributed by atoms with Gasteiger partial charge in [-0.1, -0.05) is 28.8 Å². The summed E-state index contributed by atoms with van der Waals surface area (Å²) in [6, 6.07) is 5.56. The Morgan fingerprint density at radius 3 is 2.86 bits per heavy atom. The summed E-state index contributed by atoms with van der Waals surface area (Å²) < 4.78 is 13.0. The number of hydrogen-bond donors (Lipinski definition) is 0. The Morgan fingerprint density at radius 1 is 1.38 bits per heavy atom. The maximum atomic E-state index is 11.7. The molecule has 1 aromatic rings. The molecule has 0 bridgehead atoms. The molecule has 2 fully saturated rings. The van der Waals surface area contributed by atoms with Gasteiger partial charge >= 0.3 is 0 Å². The van der Waals surface area contributed by atoms with Crippen molar-refractivity contribution in [3.8, 4) is 5.75 Å². The van der Waals surface area contributed by atoms with E-state index in [0.717, 1.165) is 17.3 Å². The molecule has 1 heterocycles. The molecule has 0 amide bonds. The van der Waals surface area contributed by atoms with E-state index in [-0.39, 0.29) is 17.5 Å². The van der Waals surface area contributed by atoms with E-state index in [2.05, 4.69) is 15.9 Å². The van der Waals surface area contributed by atoms with E-state index in [1.807, 2.05) is 18.2 Å². The van der Waals surface area contributed by atoms with Crippen LogP contribution in [0.1, 0.15) is 55.8 Å². The molecule has 1 atom stereocenters. The smallest absolute Gasteiger partial charge is 0.163 e. The largest absolute Gasteiger partial charge is 0.490 e. The molecule has 1 saturated carbocycles. The summed E-state index contributed by atoms with van der Waals surface area (Å²) >= 11 is 3.39. The van der Waals surface area contributed by atoms with Crippen molar-refractivity contribution in [2.45, 2.75) is 57.2 Å². The minimum absolute atomic E-state index is 0.0194. The number of carbonyl (C=O) groups is 1. The van der Waals surface area contributed by atoms with E-state index in [1.165, 1.54) is 25.7 Å². The minimum Gasteiger partial charge on any atom is -0.490 e. The van der Waals surface area contributed by atoms with Crippen molar-refractivity contribution in [3.05, 3.63) is 28.2 Å². The number of hydrogen-bond acceptors (Lipinski definition) is 3. The van der Waals surface area contributed by atoms with Crippen molar-refractivity contribution in [1.29, 1.82) is 0 Å². The van der Waals surface area contributed by atoms with Gasteiger partial charge in [-0.2, -0.15) is 0 Å². The predicted octanol–water partition coefficient (Wildman–Crippen LogP) is 4.52. The van der Waals surface area contributed by atoms with Gasteiger partial charge in [0.15, 0.2) is 5.78 Å². The van der Waals surface area contributed by atoms with Gasteiger partial charge in [0.25, 0.3) is 0 Å². The Morgan fingerprint density at radius 2 is 2.14 bits per heavy atom. The second kappa shape index (κ2) is 6.09. The van der Waals surface area contributed by atoms with E-state index >= 15 is 0 Å². The zero-order valence-corrected chi connectivity index (χ0v) is 13.9. The molecule has 21 heavy (non-hydrogen) atoms. The third-order valence-corrected chi connectivity index (χ3v) is 5.09. The molecule has 3 nitrogen and oxygen atoms in total. The zero-order valence-electron chi connectivity index (χ0n) is 12.4. The average Bonchev–Trinajstić information content (AvgIpc) is 3.08. The molecule has 1 saturated heterocycles. The molecule has 1 spiro atoms. The highest BCUT2D eigenvalue weighted by Gasteiger charge is 2.42. The molecule has 114 valence electrons. The predicted molar refractivity (Wildman–Crippen MR) is 84.9 cm³/mol. The number of ketones is 1. The number of Topliss-reactive ketones (excluding diaryl/α,β-unsaturated/α-hetero) is 1. The molecule has 1 aliphatic heterocycles. The number of ether oxygens (including phenoxy) is 2. The first kappa shape index (κ1) is 15.0. The maximum absolute atomic E-state index is 11.7. The van der Waals surface area contributed by atoms with Crippen molar-refractivity contribution >= 4 is 21.7 Å². The fourth-order valence-electron chi connectivity index (χ4n) is 3.49. The lowest BCUT2D eigenvalue weighted by atomic mass is 9.98. The average molecular weight is 353 g/mol. The van der Waals surface area contributed by atoms with Gasteiger partial charge < -0.3 is 9.47 Å². The van der Waals surface area contributed by atoms with Crippen LogP contribution in [0, 0.1) is 0 Å². The fraction of sp³-hybridized carbons (Fsp3) is 0.588. The Kier molecular flexibility index (Phi) is 4.36. The highest BCUT2D eigenvalue weighted by Crippen LogP contribution is 2.43. The molecule has 2 aliphatic rings. The Hall–Kier alpha value is -0.870. The lowest BCUT2D eigenvalue weighted by Gasteiger charge is -2.24. The van der Waals surface area contributed by atoms with Crippen LogP contribution < -0.4 is 4.74 Å². The van der Waals surface area contributed by atoms with Crippen molar-refractivity contribution in [3.63, 3.8) is 0 Å². The normalized spacial score (nSPS) is 23.6. The van der Waals surface area contributed by atoms with Crippen LogP contribution in [0.25, 0.3) is 0 Å². The van der Waals surface area contributed by atoms with E-state index in [9.17, 15) is 4.79 Å². The summed E-state index contributed by atoms with van der Waals surface area (Å²) in [7, 11) is 0. The minimum atomic E-state index is 0.0194. The first-order valence-corrected chi connectivity index (χ1v) is 8.48. The van der Waals surface area contributed by atoms with Gasteiger partial charge in [-0.05, 0) is 50.8 Å². The van der Waals surface area contributed by atoms with Crippen LogP contribution in [0.5, 0.6) is 5.75 Å². The first-order chi connectivity index (χ1) is 10.1. The van der Waals surface area contributed by atoms with E-state index in [0.29, 0.717) is 17.9 Å². The zero-order chi connectivity index (χ0) is 14.9. The fourth-order valence-corrected chi connectivity index (χ4v) is 3.85. The SMILES string of the molecule is CC(=O)c1cc(Br)ccc1OCC1CCC2(CCCC2)O1. The first-order valence-electron chi connectivity index (χ1n) is 7.69. The van der Waals surface area contributed by atoms with Gasteiger partial charge in [-0.3, -0.25) is 4.79 Å². The lowest BCUT2D eigenvalue weighted by molar-refractivity contribution is -0.0509. The monoisotopic (exact) mass is 352 g/mol. The molecule has 0 aromatic heterocycles. The number of carbonyl (C=O) groups excluding carboxylic acids is 1. The molecule has 1 aliphatic carbocycles. The summed E-state index contributed by atoms with van der Waals surface area (Å²) in [4.78, 5) is 11.7. The van der Waals surface area contributed by atoms with Gasteiger partial charge in [-0.25, -0.2) is 0 Å². The molecular formula is C17H21BrO3. The van der Waals surface area contributed by atoms with Gasteiger partial charge in [0.05, 0.1) is 17.3 Å². The van der Waals surface area contributed by atoms with Crippen LogP contribution in [-0.4, -0.2) is 24.1 Å². The third kappa shape index (κ3) is 3.32. The van der Waals surface area contributed by atoms with Crippen LogP contribution >= 0.6 is 15.9 Å². The molecule has 0 radical (unpaired) electrons. The molecule has 0 N–H and O–H groups in total. The van der Waals surface area contributed by atoms with Crippen LogP contribution in [0.2, 0.25) is 0 Å². The lowest BCUT2D eigenvalue weighted by Crippen LogP contribution is -2.27. The van der Waals surface area contributed by atoms with E-state index in [1.54, 1.807) is 6.92 Å². The van der Waals surface area contributed by atoms with Gasteiger partial charge in [-0.15, -0.1) is 0 Å². The van der Waals surface area contributed by atoms with E-state index in [4.69, 9.17) is 9.47 Å². The number of benzene rings is 1. The standard InChI is InChI=1S/C17H21BrO3/c1-12(19)15-10-13(18)4-5-16(15)20-11-14-6-9-17(21-14)7-2-3-8-17/h4-5,10,14H,2-3,6-9,11H2,1H3. The highest BCUT2D eigenvalue weighted by atomic mass is 79.9. The summed E-state index contributed by atoms with van der Waals surface area (Å²) in [6.45, 7) is 2.10. The summed E-state index contributed by atoms with van der Waals surface area (Å²) in [6.07, 6.45) is 7.34. The van der Waals surface area contributed by atoms with Crippen LogP contribution in [0.3, 0.4) is 0 Å². The van der Waals surface area contributed by atoms with Crippen molar-refractivity contribution in [2.24, 2.45) is 0 Å². The van der Waals surface area contributed by atoms with Gasteiger partial charge in [0, 0.05) is 4.47 Å². The maximum Gasteiger partial charge on any atom is 0.163 e. The second-order valence-corrected chi connectivity index (χ2v) is 7.09. The Balaban J connectivity index is 1.62. The van der Waals surface area contributed by atoms with Crippen molar-refractivity contribution in [1.82, 2.24) is 0 Å². The van der Waals surface area contributed by atoms with Crippen LogP contribution in [-0.2, 0) is 4.74 Å². The summed E-state index contributed by atoms with van der Waals surface area (Å²) in [5.74, 6) is 0.674. The van der Waals surface area contributed by atoms with Crippen LogP contribution in [0.15, 0.2) is 22.7 Å². The molecule has 3 rings (SSSR count). The van der Waals surface area contributed by atoms with Crippen LogP contribution in [0.4, 0.5) is 0 Å². The molecule has 1 unspecified atom stereocenters. The molecular weight excluding hydrogens is 332 g/mol. The quantitative estimate of drug-likeness (QED) is 0.747. The Labute approximate surface area is 134 Å². The summed E-state index contributed by atoms with van der Waals surface area (Å²) in [5, 5.41) is 0. The van der Waals surface area contributed by atoms with Gasteiger partial charge in [0.2, 0.25) is 0 Å².